The van der Waals surface area contributed by atoms with Gasteiger partial charge in [-0.1, -0.05) is 27.7 Å². The van der Waals surface area contributed by atoms with Gasteiger partial charge in [-0.15, -0.1) is 0 Å². The Kier molecular flexibility index (Phi) is 9.63. The summed E-state index contributed by atoms with van der Waals surface area (Å²) >= 11 is 0. The van der Waals surface area contributed by atoms with Gasteiger partial charge in [-0.25, -0.2) is 0 Å². The molecule has 0 saturated heterocycles. The van der Waals surface area contributed by atoms with Gasteiger partial charge in [-0.3, -0.25) is 9.97 Å². The van der Waals surface area contributed by atoms with E-state index >= 15 is 0 Å². The number of hydrogen-bond acceptors (Lipinski definition) is 2. The van der Waals surface area contributed by atoms with Gasteiger partial charge in [-0.05, 0) is 27.7 Å². The standard InChI is InChI=1S/C8H12N2.2C2H6/c1-5-6(2)10-8(4)7(3)9-5;2*1-2/h1-4H3;2*1-2H3. The lowest BCUT2D eigenvalue weighted by Gasteiger charge is -2.01. The molecular formula is C12H24N2. The minimum Gasteiger partial charge on any atom is -0.255 e. The first-order valence-electron chi connectivity index (χ1n) is 5.39. The first-order chi connectivity index (χ1) is 6.61. The van der Waals surface area contributed by atoms with E-state index in [4.69, 9.17) is 0 Å². The zero-order valence-corrected chi connectivity index (χ0v) is 10.9. The monoisotopic (exact) mass is 196 g/mol. The first kappa shape index (κ1) is 15.5. The second-order valence-corrected chi connectivity index (χ2v) is 2.57. The van der Waals surface area contributed by atoms with Gasteiger partial charge in [0.25, 0.3) is 0 Å². The summed E-state index contributed by atoms with van der Waals surface area (Å²) in [5.74, 6) is 0. The maximum atomic E-state index is 4.31. The van der Waals surface area contributed by atoms with E-state index < -0.39 is 0 Å². The summed E-state index contributed by atoms with van der Waals surface area (Å²) in [5.41, 5.74) is 4.12. The molecule has 1 aromatic heterocycles. The van der Waals surface area contributed by atoms with Gasteiger partial charge in [0, 0.05) is 0 Å². The highest BCUT2D eigenvalue weighted by molar-refractivity contribution is 5.16. The fourth-order valence-corrected chi connectivity index (χ4v) is 0.827. The molecule has 0 aromatic carbocycles. The Hall–Kier alpha value is -0.920. The Morgan fingerprint density at radius 3 is 0.786 bits per heavy atom. The predicted octanol–water partition coefficient (Wildman–Crippen LogP) is 3.76. The molecule has 14 heavy (non-hydrogen) atoms. The third-order valence-corrected chi connectivity index (χ3v) is 1.72. The van der Waals surface area contributed by atoms with Crippen LogP contribution in [0.15, 0.2) is 0 Å². The van der Waals surface area contributed by atoms with E-state index in [1.54, 1.807) is 0 Å². The fourth-order valence-electron chi connectivity index (χ4n) is 0.827. The molecule has 0 atom stereocenters. The third-order valence-electron chi connectivity index (χ3n) is 1.72. The van der Waals surface area contributed by atoms with Crippen LogP contribution < -0.4 is 0 Å². The van der Waals surface area contributed by atoms with Crippen LogP contribution in [0.4, 0.5) is 0 Å². The molecule has 0 bridgehead atoms. The zero-order valence-electron chi connectivity index (χ0n) is 10.9. The van der Waals surface area contributed by atoms with Gasteiger partial charge in [0.1, 0.15) is 0 Å². The van der Waals surface area contributed by atoms with Crippen LogP contribution >= 0.6 is 0 Å². The van der Waals surface area contributed by atoms with Crippen molar-refractivity contribution in [2.45, 2.75) is 55.4 Å². The average Bonchev–Trinajstić information content (AvgIpc) is 2.21. The van der Waals surface area contributed by atoms with Crippen LogP contribution in [0.5, 0.6) is 0 Å². The third kappa shape index (κ3) is 4.95. The molecule has 0 spiro atoms. The van der Waals surface area contributed by atoms with E-state index in [0.717, 1.165) is 22.8 Å². The Bertz CT molecular complexity index is 204. The number of rotatable bonds is 0. The molecule has 82 valence electrons. The molecule has 0 N–H and O–H groups in total. The summed E-state index contributed by atoms with van der Waals surface area (Å²) in [5, 5.41) is 0. The van der Waals surface area contributed by atoms with E-state index in [2.05, 4.69) is 9.97 Å². The molecule has 0 unspecified atom stereocenters. The molecule has 0 saturated carbocycles. The maximum Gasteiger partial charge on any atom is 0.0588 e. The molecule has 2 heteroatoms. The second-order valence-electron chi connectivity index (χ2n) is 2.57. The van der Waals surface area contributed by atoms with Gasteiger partial charge in [0.2, 0.25) is 0 Å². The molecule has 0 radical (unpaired) electrons. The summed E-state index contributed by atoms with van der Waals surface area (Å²) in [6.45, 7) is 15.9. The number of nitrogens with zero attached hydrogens (tertiary/aromatic N) is 2. The smallest absolute Gasteiger partial charge is 0.0588 e. The predicted molar refractivity (Wildman–Crippen MR) is 63.7 cm³/mol. The molecule has 0 aliphatic carbocycles. The summed E-state index contributed by atoms with van der Waals surface area (Å²) < 4.78 is 0. The van der Waals surface area contributed by atoms with Crippen LogP contribution in [0.1, 0.15) is 50.5 Å². The van der Waals surface area contributed by atoms with Crippen molar-refractivity contribution in [1.29, 1.82) is 0 Å². The SMILES string of the molecule is CC.CC.Cc1nc(C)c(C)nc1C. The molecular weight excluding hydrogens is 172 g/mol. The minimum atomic E-state index is 1.03. The van der Waals surface area contributed by atoms with E-state index in [9.17, 15) is 0 Å². The number of aryl methyl sites for hydroxylation is 4. The topological polar surface area (TPSA) is 25.8 Å². The molecule has 0 fully saturated rings. The highest BCUT2D eigenvalue weighted by Gasteiger charge is 1.98. The van der Waals surface area contributed by atoms with Crippen LogP contribution in [0.3, 0.4) is 0 Å². The van der Waals surface area contributed by atoms with Crippen LogP contribution in [-0.4, -0.2) is 9.97 Å². The van der Waals surface area contributed by atoms with E-state index in [0.29, 0.717) is 0 Å². The molecule has 1 aromatic rings. The van der Waals surface area contributed by atoms with Crippen molar-refractivity contribution >= 4 is 0 Å². The summed E-state index contributed by atoms with van der Waals surface area (Å²) in [4.78, 5) is 8.62. The highest BCUT2D eigenvalue weighted by atomic mass is 14.8. The average molecular weight is 196 g/mol. The first-order valence-corrected chi connectivity index (χ1v) is 5.39. The van der Waals surface area contributed by atoms with Crippen molar-refractivity contribution in [3.8, 4) is 0 Å². The van der Waals surface area contributed by atoms with Gasteiger partial charge < -0.3 is 0 Å². The van der Waals surface area contributed by atoms with Crippen molar-refractivity contribution in [2.24, 2.45) is 0 Å². The summed E-state index contributed by atoms with van der Waals surface area (Å²) in [7, 11) is 0. The lowest BCUT2D eigenvalue weighted by molar-refractivity contribution is 0.959. The van der Waals surface area contributed by atoms with Crippen molar-refractivity contribution in [3.63, 3.8) is 0 Å². The Morgan fingerprint density at radius 1 is 0.500 bits per heavy atom. The minimum absolute atomic E-state index is 1.03. The Morgan fingerprint density at radius 2 is 0.643 bits per heavy atom. The summed E-state index contributed by atoms with van der Waals surface area (Å²) in [6.07, 6.45) is 0. The summed E-state index contributed by atoms with van der Waals surface area (Å²) in [6, 6.07) is 0. The van der Waals surface area contributed by atoms with Crippen LogP contribution in [0.25, 0.3) is 0 Å². The second kappa shape index (κ2) is 8.67. The molecule has 0 aliphatic rings. The molecule has 2 nitrogen and oxygen atoms in total. The quantitative estimate of drug-likeness (QED) is 0.631. The van der Waals surface area contributed by atoms with Gasteiger partial charge in [0.05, 0.1) is 22.8 Å². The van der Waals surface area contributed by atoms with Crippen molar-refractivity contribution in [3.05, 3.63) is 22.8 Å². The largest absolute Gasteiger partial charge is 0.255 e. The van der Waals surface area contributed by atoms with Gasteiger partial charge in [-0.2, -0.15) is 0 Å². The Labute approximate surface area is 88.8 Å². The molecule has 1 heterocycles. The van der Waals surface area contributed by atoms with Gasteiger partial charge in [0.15, 0.2) is 0 Å². The van der Waals surface area contributed by atoms with Crippen molar-refractivity contribution in [2.75, 3.05) is 0 Å². The number of aromatic nitrogens is 2. The van der Waals surface area contributed by atoms with Crippen molar-refractivity contribution < 1.29 is 0 Å². The van der Waals surface area contributed by atoms with Crippen LogP contribution in [0.2, 0.25) is 0 Å². The lowest BCUT2D eigenvalue weighted by Crippen LogP contribution is -1.97. The van der Waals surface area contributed by atoms with Crippen LogP contribution in [0, 0.1) is 27.7 Å². The van der Waals surface area contributed by atoms with E-state index in [-0.39, 0.29) is 0 Å². The fraction of sp³-hybridized carbons (Fsp3) is 0.667. The van der Waals surface area contributed by atoms with E-state index in [1.807, 2.05) is 55.4 Å². The zero-order chi connectivity index (χ0) is 11.7. The maximum absolute atomic E-state index is 4.31. The molecule has 0 aliphatic heterocycles. The lowest BCUT2D eigenvalue weighted by atomic mass is 10.3. The number of hydrogen-bond donors (Lipinski definition) is 0. The van der Waals surface area contributed by atoms with E-state index in [1.165, 1.54) is 0 Å². The molecule has 1 rings (SSSR count). The highest BCUT2D eigenvalue weighted by Crippen LogP contribution is 2.04. The molecule has 0 amide bonds. The van der Waals surface area contributed by atoms with Gasteiger partial charge >= 0.3 is 0 Å². The Balaban J connectivity index is 0. The van der Waals surface area contributed by atoms with Crippen molar-refractivity contribution in [1.82, 2.24) is 9.97 Å². The normalized spacial score (nSPS) is 8.00. The van der Waals surface area contributed by atoms with Crippen LogP contribution in [-0.2, 0) is 0 Å².